The van der Waals surface area contributed by atoms with Crippen LogP contribution in [-0.4, -0.2) is 38.0 Å². The molecule has 0 bridgehead atoms. The van der Waals surface area contributed by atoms with Crippen molar-refractivity contribution < 1.29 is 19.0 Å². The Kier molecular flexibility index (Phi) is 8.81. The Morgan fingerprint density at radius 1 is 1.11 bits per heavy atom. The number of hydrogen-bond donors (Lipinski definition) is 3. The van der Waals surface area contributed by atoms with Crippen LogP contribution in [0, 0.1) is 5.82 Å². The first-order valence-electron chi connectivity index (χ1n) is 8.82. The van der Waals surface area contributed by atoms with Crippen LogP contribution in [0.3, 0.4) is 0 Å². The van der Waals surface area contributed by atoms with E-state index < -0.39 is 0 Å². The molecule has 0 saturated carbocycles. The summed E-state index contributed by atoms with van der Waals surface area (Å²) < 4.78 is 24.3. The van der Waals surface area contributed by atoms with E-state index in [9.17, 15) is 9.50 Å². The molecule has 1 atom stereocenters. The number of nitrogens with one attached hydrogen (secondary N) is 2. The minimum absolute atomic E-state index is 0.224. The van der Waals surface area contributed by atoms with Gasteiger partial charge in [-0.2, -0.15) is 0 Å². The molecule has 0 aliphatic rings. The van der Waals surface area contributed by atoms with Crippen LogP contribution in [0.5, 0.6) is 11.5 Å². The van der Waals surface area contributed by atoms with E-state index in [0.29, 0.717) is 35.2 Å². The van der Waals surface area contributed by atoms with E-state index in [0.717, 1.165) is 18.7 Å². The fraction of sp³-hybridized carbons (Fsp3) is 0.400. The van der Waals surface area contributed by atoms with Gasteiger partial charge in [-0.05, 0) is 36.8 Å². The summed E-state index contributed by atoms with van der Waals surface area (Å²) in [5.74, 6) is 0.847. The number of ether oxygens (including phenoxy) is 2. The van der Waals surface area contributed by atoms with Crippen molar-refractivity contribution in [2.45, 2.75) is 26.2 Å². The van der Waals surface area contributed by atoms with Crippen LogP contribution >= 0.6 is 11.6 Å². The SMILES string of the molecule is COc1cc(CNCCNC[C@@H](C)O)ccc1OCc1ccc(F)cc1Cl. The van der Waals surface area contributed by atoms with Gasteiger partial charge in [-0.3, -0.25) is 0 Å². The fourth-order valence-corrected chi connectivity index (χ4v) is 2.68. The molecule has 2 rings (SSSR count). The molecule has 0 spiro atoms. The summed E-state index contributed by atoms with van der Waals surface area (Å²) in [5, 5.41) is 16.0. The normalized spacial score (nSPS) is 12.0. The molecule has 0 aliphatic carbocycles. The first-order chi connectivity index (χ1) is 13.0. The van der Waals surface area contributed by atoms with Gasteiger partial charge in [0.05, 0.1) is 18.2 Å². The second kappa shape index (κ2) is 11.1. The summed E-state index contributed by atoms with van der Waals surface area (Å²) >= 11 is 6.03. The van der Waals surface area contributed by atoms with Crippen LogP contribution in [0.1, 0.15) is 18.1 Å². The van der Waals surface area contributed by atoms with E-state index in [1.54, 1.807) is 20.1 Å². The zero-order valence-electron chi connectivity index (χ0n) is 15.6. The lowest BCUT2D eigenvalue weighted by atomic mass is 10.2. The van der Waals surface area contributed by atoms with Crippen LogP contribution in [-0.2, 0) is 13.2 Å². The monoisotopic (exact) mass is 396 g/mol. The van der Waals surface area contributed by atoms with Crippen molar-refractivity contribution in [1.29, 1.82) is 0 Å². The van der Waals surface area contributed by atoms with Gasteiger partial charge in [0.1, 0.15) is 12.4 Å². The molecule has 5 nitrogen and oxygen atoms in total. The van der Waals surface area contributed by atoms with Crippen molar-refractivity contribution in [2.75, 3.05) is 26.7 Å². The Bertz CT molecular complexity index is 728. The lowest BCUT2D eigenvalue weighted by molar-refractivity contribution is 0.191. The summed E-state index contributed by atoms with van der Waals surface area (Å²) in [7, 11) is 1.59. The molecule has 0 aliphatic heterocycles. The second-order valence-electron chi connectivity index (χ2n) is 6.24. The Hall–Kier alpha value is -1.86. The maximum atomic E-state index is 13.1. The summed E-state index contributed by atoms with van der Waals surface area (Å²) in [4.78, 5) is 0. The first kappa shape index (κ1) is 21.4. The van der Waals surface area contributed by atoms with Crippen LogP contribution < -0.4 is 20.1 Å². The quantitative estimate of drug-likeness (QED) is 0.509. The van der Waals surface area contributed by atoms with Gasteiger partial charge in [-0.25, -0.2) is 4.39 Å². The lowest BCUT2D eigenvalue weighted by Crippen LogP contribution is -2.31. The molecule has 7 heteroatoms. The zero-order chi connectivity index (χ0) is 19.6. The second-order valence-corrected chi connectivity index (χ2v) is 6.65. The van der Waals surface area contributed by atoms with Crippen LogP contribution in [0.4, 0.5) is 4.39 Å². The standard InChI is InChI=1S/C20H26ClFN2O3/c1-14(25)11-23-7-8-24-12-15-3-6-19(20(9-15)26-2)27-13-16-4-5-17(22)10-18(16)21/h3-6,9-10,14,23-25H,7-8,11-13H2,1-2H3/t14-/m1/s1. The topological polar surface area (TPSA) is 62.8 Å². The van der Waals surface area contributed by atoms with Gasteiger partial charge < -0.3 is 25.2 Å². The molecular formula is C20H26ClFN2O3. The summed E-state index contributed by atoms with van der Waals surface area (Å²) in [6.07, 6.45) is -0.341. The molecule has 148 valence electrons. The van der Waals surface area contributed by atoms with Crippen LogP contribution in [0.25, 0.3) is 0 Å². The largest absolute Gasteiger partial charge is 0.493 e. The molecule has 0 radical (unpaired) electrons. The number of aliphatic hydroxyl groups excluding tert-OH is 1. The molecule has 2 aromatic rings. The van der Waals surface area contributed by atoms with Gasteiger partial charge >= 0.3 is 0 Å². The molecule has 0 saturated heterocycles. The number of rotatable bonds is 11. The van der Waals surface area contributed by atoms with Crippen molar-refractivity contribution in [3.8, 4) is 11.5 Å². The molecule has 0 amide bonds. The third kappa shape index (κ3) is 7.34. The molecule has 0 fully saturated rings. The highest BCUT2D eigenvalue weighted by Gasteiger charge is 2.08. The highest BCUT2D eigenvalue weighted by molar-refractivity contribution is 6.31. The van der Waals surface area contributed by atoms with Gasteiger partial charge in [0.15, 0.2) is 11.5 Å². The van der Waals surface area contributed by atoms with E-state index in [4.69, 9.17) is 21.1 Å². The van der Waals surface area contributed by atoms with E-state index in [1.807, 2.05) is 18.2 Å². The highest BCUT2D eigenvalue weighted by atomic mass is 35.5. The number of benzene rings is 2. The predicted octanol–water partition coefficient (Wildman–Crippen LogP) is 3.13. The van der Waals surface area contributed by atoms with Crippen molar-refractivity contribution in [1.82, 2.24) is 10.6 Å². The number of halogens is 2. The Morgan fingerprint density at radius 3 is 2.59 bits per heavy atom. The molecular weight excluding hydrogens is 371 g/mol. The zero-order valence-corrected chi connectivity index (χ0v) is 16.4. The highest BCUT2D eigenvalue weighted by Crippen LogP contribution is 2.29. The molecule has 3 N–H and O–H groups in total. The molecule has 0 aromatic heterocycles. The molecule has 2 aromatic carbocycles. The van der Waals surface area contributed by atoms with E-state index >= 15 is 0 Å². The van der Waals surface area contributed by atoms with E-state index in [-0.39, 0.29) is 18.5 Å². The Morgan fingerprint density at radius 2 is 1.89 bits per heavy atom. The third-order valence-corrected chi connectivity index (χ3v) is 4.23. The third-order valence-electron chi connectivity index (χ3n) is 3.87. The minimum atomic E-state index is -0.376. The first-order valence-corrected chi connectivity index (χ1v) is 9.20. The predicted molar refractivity (Wildman–Crippen MR) is 105 cm³/mol. The number of aliphatic hydroxyl groups is 1. The van der Waals surface area contributed by atoms with Gasteiger partial charge in [0.2, 0.25) is 0 Å². The van der Waals surface area contributed by atoms with Gasteiger partial charge in [-0.15, -0.1) is 0 Å². The minimum Gasteiger partial charge on any atom is -0.493 e. The van der Waals surface area contributed by atoms with Crippen LogP contribution in [0.2, 0.25) is 5.02 Å². The lowest BCUT2D eigenvalue weighted by Gasteiger charge is -2.13. The van der Waals surface area contributed by atoms with Gasteiger partial charge in [0, 0.05) is 31.7 Å². The van der Waals surface area contributed by atoms with Crippen molar-refractivity contribution >= 4 is 11.6 Å². The number of hydrogen-bond acceptors (Lipinski definition) is 5. The van der Waals surface area contributed by atoms with Crippen molar-refractivity contribution in [2.24, 2.45) is 0 Å². The molecule has 0 heterocycles. The van der Waals surface area contributed by atoms with Crippen molar-refractivity contribution in [3.63, 3.8) is 0 Å². The Balaban J connectivity index is 1.86. The molecule has 0 unspecified atom stereocenters. The maximum Gasteiger partial charge on any atom is 0.161 e. The van der Waals surface area contributed by atoms with Gasteiger partial charge in [0.25, 0.3) is 0 Å². The van der Waals surface area contributed by atoms with E-state index in [2.05, 4.69) is 10.6 Å². The fourth-order valence-electron chi connectivity index (χ4n) is 2.46. The Labute approximate surface area is 164 Å². The molecule has 27 heavy (non-hydrogen) atoms. The smallest absolute Gasteiger partial charge is 0.161 e. The number of methoxy groups -OCH3 is 1. The average Bonchev–Trinajstić information content (AvgIpc) is 2.64. The average molecular weight is 397 g/mol. The van der Waals surface area contributed by atoms with E-state index in [1.165, 1.54) is 12.1 Å². The summed E-state index contributed by atoms with van der Waals surface area (Å²) in [5.41, 5.74) is 1.77. The summed E-state index contributed by atoms with van der Waals surface area (Å²) in [6.45, 7) is 4.82. The van der Waals surface area contributed by atoms with Gasteiger partial charge in [-0.1, -0.05) is 23.7 Å². The van der Waals surface area contributed by atoms with Crippen molar-refractivity contribution in [3.05, 3.63) is 58.4 Å². The maximum absolute atomic E-state index is 13.1. The van der Waals surface area contributed by atoms with Crippen LogP contribution in [0.15, 0.2) is 36.4 Å². The summed E-state index contributed by atoms with van der Waals surface area (Å²) in [6, 6.07) is 9.94.